The van der Waals surface area contributed by atoms with Crippen LogP contribution in [0.5, 0.6) is 0 Å². The van der Waals surface area contributed by atoms with Crippen molar-refractivity contribution in [1.82, 2.24) is 14.8 Å². The number of hydrogen-bond donors (Lipinski definition) is 4. The number of aromatic nitrogens is 1. The number of hydrogen-bond acceptors (Lipinski definition) is 5. The molecule has 1 aromatic heterocycles. The molecule has 4 rings (SSSR count). The molecular weight excluding hydrogens is 453 g/mol. The Kier molecular flexibility index (Phi) is 6.29. The van der Waals surface area contributed by atoms with E-state index in [9.17, 15) is 23.9 Å². The van der Waals surface area contributed by atoms with Crippen LogP contribution >= 0.6 is 0 Å². The molecule has 0 saturated heterocycles. The summed E-state index contributed by atoms with van der Waals surface area (Å²) in [6.45, 7) is 6.43. The molecule has 2 aliphatic heterocycles. The van der Waals surface area contributed by atoms with Crippen molar-refractivity contribution < 1.29 is 23.9 Å². The van der Waals surface area contributed by atoms with Gasteiger partial charge in [-0.3, -0.25) is 14.4 Å². The van der Waals surface area contributed by atoms with Crippen LogP contribution in [0.2, 0.25) is 0 Å². The fourth-order valence-electron chi connectivity index (χ4n) is 4.21. The molecule has 0 radical (unpaired) electrons. The summed E-state index contributed by atoms with van der Waals surface area (Å²) < 4.78 is 14.8. The monoisotopic (exact) mass is 483 g/mol. The smallest absolute Gasteiger partial charge is 0.256 e. The Hall–Kier alpha value is -3.50. The van der Waals surface area contributed by atoms with Gasteiger partial charge in [-0.1, -0.05) is 0 Å². The predicted octanol–water partition coefficient (Wildman–Crippen LogP) is 2.22. The number of aromatic amines is 1. The van der Waals surface area contributed by atoms with E-state index in [1.54, 1.807) is 6.08 Å². The first-order chi connectivity index (χ1) is 16.4. The van der Waals surface area contributed by atoms with Crippen LogP contribution in [0.25, 0.3) is 11.6 Å². The number of carbonyl (C=O) groups excluding carboxylic acids is 3. The average Bonchev–Trinajstić information content (AvgIpc) is 3.24. The predicted molar refractivity (Wildman–Crippen MR) is 132 cm³/mol. The van der Waals surface area contributed by atoms with Crippen LogP contribution < -0.4 is 10.6 Å². The lowest BCUT2D eigenvalue weighted by Crippen LogP contribution is -2.41. The maximum Gasteiger partial charge on any atom is 0.256 e. The number of nitrogens with one attached hydrogen (secondary N) is 3. The quantitative estimate of drug-likeness (QED) is 0.470. The Balaban J connectivity index is 1.65. The number of nitrogens with zero attached hydrogens (tertiary/aromatic N) is 2. The van der Waals surface area contributed by atoms with E-state index >= 15 is 0 Å². The van der Waals surface area contributed by atoms with Gasteiger partial charge in [0, 0.05) is 43.0 Å². The van der Waals surface area contributed by atoms with Crippen molar-refractivity contribution in [2.45, 2.75) is 32.8 Å². The zero-order valence-corrected chi connectivity index (χ0v) is 20.5. The molecule has 2 aromatic rings. The first-order valence-electron chi connectivity index (χ1n) is 11.4. The van der Waals surface area contributed by atoms with E-state index in [-0.39, 0.29) is 17.2 Å². The first-order valence-corrected chi connectivity index (χ1v) is 11.4. The van der Waals surface area contributed by atoms with Crippen LogP contribution in [0.4, 0.5) is 15.8 Å². The first kappa shape index (κ1) is 24.6. The van der Waals surface area contributed by atoms with Gasteiger partial charge >= 0.3 is 0 Å². The number of benzene rings is 1. The number of rotatable bonds is 6. The third-order valence-electron chi connectivity index (χ3n) is 6.30. The summed E-state index contributed by atoms with van der Waals surface area (Å²) in [5, 5.41) is 14.9. The lowest BCUT2D eigenvalue weighted by atomic mass is 10.0. The highest BCUT2D eigenvalue weighted by Crippen LogP contribution is 2.37. The second-order valence-corrected chi connectivity index (χ2v) is 9.77. The van der Waals surface area contributed by atoms with E-state index < -0.39 is 23.2 Å². The van der Waals surface area contributed by atoms with Crippen molar-refractivity contribution in [1.29, 1.82) is 0 Å². The van der Waals surface area contributed by atoms with Gasteiger partial charge in [0.05, 0.1) is 22.5 Å². The van der Waals surface area contributed by atoms with E-state index in [4.69, 9.17) is 0 Å². The Labute approximate surface area is 203 Å². The highest BCUT2D eigenvalue weighted by atomic mass is 19.1. The van der Waals surface area contributed by atoms with Crippen molar-refractivity contribution in [3.63, 3.8) is 0 Å². The highest BCUT2D eigenvalue weighted by Gasteiger charge is 2.32. The summed E-state index contributed by atoms with van der Waals surface area (Å²) in [5.74, 6) is -1.97. The van der Waals surface area contributed by atoms with Gasteiger partial charge in [-0.05, 0) is 58.6 Å². The van der Waals surface area contributed by atoms with Crippen molar-refractivity contribution in [3.05, 3.63) is 46.0 Å². The third kappa shape index (κ3) is 4.71. The van der Waals surface area contributed by atoms with Gasteiger partial charge in [0.15, 0.2) is 0 Å². The van der Waals surface area contributed by atoms with Gasteiger partial charge in [-0.2, -0.15) is 0 Å². The van der Waals surface area contributed by atoms with Gasteiger partial charge in [0.2, 0.25) is 0 Å². The van der Waals surface area contributed by atoms with Gasteiger partial charge in [0.1, 0.15) is 11.4 Å². The van der Waals surface area contributed by atoms with E-state index in [0.717, 1.165) is 17.8 Å². The van der Waals surface area contributed by atoms with Crippen molar-refractivity contribution >= 4 is 40.7 Å². The molecule has 1 aromatic carbocycles. The lowest BCUT2D eigenvalue weighted by Gasteiger charge is -2.28. The number of amides is 3. The molecule has 0 atom stereocenters. The normalized spacial score (nSPS) is 16.6. The van der Waals surface area contributed by atoms with Crippen LogP contribution in [-0.4, -0.2) is 76.9 Å². The fraction of sp³-hybridized carbons (Fsp3) is 0.400. The molecular formula is C25H30FN5O4. The van der Waals surface area contributed by atoms with Crippen molar-refractivity contribution in [3.8, 4) is 0 Å². The summed E-state index contributed by atoms with van der Waals surface area (Å²) in [4.78, 5) is 45.0. The topological polar surface area (TPSA) is 118 Å². The molecule has 4 N–H and O–H groups in total. The Morgan fingerprint density at radius 3 is 2.69 bits per heavy atom. The summed E-state index contributed by atoms with van der Waals surface area (Å²) in [7, 11) is 3.92. The van der Waals surface area contributed by atoms with Crippen LogP contribution in [-0.2, 0) is 16.0 Å². The molecule has 0 fully saturated rings. The largest absolute Gasteiger partial charge is 0.381 e. The van der Waals surface area contributed by atoms with E-state index in [0.29, 0.717) is 42.0 Å². The highest BCUT2D eigenvalue weighted by molar-refractivity contribution is 6.35. The van der Waals surface area contributed by atoms with E-state index in [1.165, 1.54) is 26.0 Å². The van der Waals surface area contributed by atoms with Crippen molar-refractivity contribution in [2.24, 2.45) is 0 Å². The molecule has 0 aliphatic carbocycles. The Bertz CT molecular complexity index is 1260. The van der Waals surface area contributed by atoms with Gasteiger partial charge in [-0.15, -0.1) is 0 Å². The number of likely N-dealkylation sites (N-methyl/N-ethyl adjacent to an activating group) is 1. The SMILES string of the molecule is Cc1c(C=C2C(=O)Nc3cc(NC(=O)C(C)(C)O)c(F)cc32)[nH]c2c1C(=O)N(CCN(C)C)CC2. The van der Waals surface area contributed by atoms with Gasteiger partial charge < -0.3 is 30.5 Å². The maximum absolute atomic E-state index is 14.8. The Morgan fingerprint density at radius 1 is 1.31 bits per heavy atom. The second-order valence-electron chi connectivity index (χ2n) is 9.77. The van der Waals surface area contributed by atoms with E-state index in [1.807, 2.05) is 30.8 Å². The molecule has 2 aliphatic rings. The van der Waals surface area contributed by atoms with Crippen molar-refractivity contribution in [2.75, 3.05) is 44.4 Å². The molecule has 35 heavy (non-hydrogen) atoms. The van der Waals surface area contributed by atoms with Crippen LogP contribution in [0.3, 0.4) is 0 Å². The molecule has 9 nitrogen and oxygen atoms in total. The molecule has 3 amide bonds. The summed E-state index contributed by atoms with van der Waals surface area (Å²) in [6, 6.07) is 2.50. The fourth-order valence-corrected chi connectivity index (χ4v) is 4.21. The zero-order chi connectivity index (χ0) is 25.7. The molecule has 0 unspecified atom stereocenters. The molecule has 10 heteroatoms. The molecule has 186 valence electrons. The number of aliphatic hydroxyl groups is 1. The van der Waals surface area contributed by atoms with Gasteiger partial charge in [0.25, 0.3) is 17.7 Å². The number of halogens is 1. The standard InChI is InChI=1S/C25H30FN5O4/c1-13-18(27-17-6-7-31(9-8-30(4)5)23(33)21(13)17)11-15-14-10-16(26)20(12-19(14)28-22(15)32)29-24(34)25(2,3)35/h10-12,27,35H,6-9H2,1-5H3,(H,28,32)(H,29,34). The second kappa shape index (κ2) is 8.94. The summed E-state index contributed by atoms with van der Waals surface area (Å²) in [6.07, 6.45) is 2.31. The van der Waals surface area contributed by atoms with Crippen LogP contribution in [0, 0.1) is 12.7 Å². The number of carbonyl (C=O) groups is 3. The molecule has 0 bridgehead atoms. The molecule has 0 saturated carbocycles. The van der Waals surface area contributed by atoms with Crippen LogP contribution in [0.15, 0.2) is 12.1 Å². The number of fused-ring (bicyclic) bond motifs is 2. The summed E-state index contributed by atoms with van der Waals surface area (Å²) >= 11 is 0. The minimum Gasteiger partial charge on any atom is -0.381 e. The minimum atomic E-state index is -1.69. The number of H-pyrrole nitrogens is 1. The maximum atomic E-state index is 14.8. The summed E-state index contributed by atoms with van der Waals surface area (Å²) in [5.41, 5.74) is 1.91. The van der Waals surface area contributed by atoms with Crippen LogP contribution in [0.1, 0.15) is 46.7 Å². The lowest BCUT2D eigenvalue weighted by molar-refractivity contribution is -0.130. The van der Waals surface area contributed by atoms with Gasteiger partial charge in [-0.25, -0.2) is 4.39 Å². The zero-order valence-electron chi connectivity index (χ0n) is 20.5. The molecule has 0 spiro atoms. The van der Waals surface area contributed by atoms with E-state index in [2.05, 4.69) is 15.6 Å². The molecule has 3 heterocycles. The average molecular weight is 484 g/mol. The minimum absolute atomic E-state index is 0.0407. The Morgan fingerprint density at radius 2 is 2.03 bits per heavy atom. The number of anilines is 2. The third-order valence-corrected chi connectivity index (χ3v) is 6.30.